The zero-order valence-electron chi connectivity index (χ0n) is 18.6. The van der Waals surface area contributed by atoms with Crippen LogP contribution in [0.5, 0.6) is 11.5 Å². The van der Waals surface area contributed by atoms with Crippen LogP contribution in [0.1, 0.15) is 41.3 Å². The molecule has 1 N–H and O–H groups in total. The van der Waals surface area contributed by atoms with Crippen LogP contribution in [0.25, 0.3) is 0 Å². The summed E-state index contributed by atoms with van der Waals surface area (Å²) in [6.45, 7) is 7.79. The van der Waals surface area contributed by atoms with Crippen LogP contribution in [-0.2, 0) is 11.3 Å². The highest BCUT2D eigenvalue weighted by Crippen LogP contribution is 2.32. The maximum absolute atomic E-state index is 12.9. The Morgan fingerprint density at radius 2 is 1.75 bits per heavy atom. The average molecular weight is 432 g/mol. The fourth-order valence-corrected chi connectivity index (χ4v) is 3.69. The van der Waals surface area contributed by atoms with E-state index in [9.17, 15) is 4.79 Å². The smallest absolute Gasteiger partial charge is 0.255 e. The number of ether oxygens (including phenoxy) is 2. The van der Waals surface area contributed by atoms with Crippen molar-refractivity contribution in [2.24, 2.45) is 0 Å². The van der Waals surface area contributed by atoms with E-state index in [0.29, 0.717) is 23.8 Å². The van der Waals surface area contributed by atoms with Crippen LogP contribution in [0.4, 0.5) is 5.82 Å². The first kappa shape index (κ1) is 21.8. The van der Waals surface area contributed by atoms with Crippen LogP contribution in [0.15, 0.2) is 66.9 Å². The van der Waals surface area contributed by atoms with E-state index in [1.165, 1.54) is 0 Å². The summed E-state index contributed by atoms with van der Waals surface area (Å²) in [5, 5.41) is 2.99. The molecule has 6 heteroatoms. The Morgan fingerprint density at radius 1 is 1.03 bits per heavy atom. The minimum absolute atomic E-state index is 0.181. The number of aromatic nitrogens is 1. The molecule has 166 valence electrons. The zero-order chi connectivity index (χ0) is 22.3. The average Bonchev–Trinajstić information content (AvgIpc) is 2.84. The number of carbonyl (C=O) groups excluding carboxylic acids is 1. The molecule has 1 fully saturated rings. The van der Waals surface area contributed by atoms with Gasteiger partial charge in [0, 0.05) is 25.8 Å². The first-order chi connectivity index (χ1) is 15.6. The molecule has 0 unspecified atom stereocenters. The number of pyridine rings is 1. The Kier molecular flexibility index (Phi) is 7.02. The molecule has 0 spiro atoms. The summed E-state index contributed by atoms with van der Waals surface area (Å²) >= 11 is 0. The largest absolute Gasteiger partial charge is 0.456 e. The highest BCUT2D eigenvalue weighted by atomic mass is 16.5. The fraction of sp³-hybridized carbons (Fsp3) is 0.308. The van der Waals surface area contributed by atoms with E-state index in [0.717, 1.165) is 49.0 Å². The predicted octanol–water partition coefficient (Wildman–Crippen LogP) is 4.76. The van der Waals surface area contributed by atoms with E-state index in [-0.39, 0.29) is 5.91 Å². The monoisotopic (exact) mass is 431 g/mol. The van der Waals surface area contributed by atoms with Crippen molar-refractivity contribution in [3.8, 4) is 11.5 Å². The summed E-state index contributed by atoms with van der Waals surface area (Å²) in [7, 11) is 0. The summed E-state index contributed by atoms with van der Waals surface area (Å²) < 4.78 is 11.6. The van der Waals surface area contributed by atoms with Crippen molar-refractivity contribution in [1.29, 1.82) is 0 Å². The van der Waals surface area contributed by atoms with E-state index in [4.69, 9.17) is 9.47 Å². The Morgan fingerprint density at radius 3 is 2.47 bits per heavy atom. The number of para-hydroxylation sites is 2. The van der Waals surface area contributed by atoms with E-state index in [1.54, 1.807) is 6.07 Å². The van der Waals surface area contributed by atoms with E-state index >= 15 is 0 Å². The molecular formula is C26H29N3O3. The van der Waals surface area contributed by atoms with E-state index < -0.39 is 0 Å². The molecule has 6 nitrogen and oxygen atoms in total. The second kappa shape index (κ2) is 10.3. The van der Waals surface area contributed by atoms with Crippen LogP contribution in [0, 0.1) is 0 Å². The van der Waals surface area contributed by atoms with Crippen molar-refractivity contribution in [2.45, 2.75) is 26.3 Å². The fourth-order valence-electron chi connectivity index (χ4n) is 3.69. The summed E-state index contributed by atoms with van der Waals surface area (Å²) in [4.78, 5) is 19.7. The molecule has 0 atom stereocenters. The normalized spacial score (nSPS) is 13.8. The maximum Gasteiger partial charge on any atom is 0.255 e. The molecule has 2 heterocycles. The molecule has 3 aromatic rings. The van der Waals surface area contributed by atoms with Gasteiger partial charge in [-0.15, -0.1) is 0 Å². The minimum Gasteiger partial charge on any atom is -0.456 e. The van der Waals surface area contributed by atoms with Gasteiger partial charge < -0.3 is 19.7 Å². The number of hydrogen-bond donors (Lipinski definition) is 1. The van der Waals surface area contributed by atoms with Crippen molar-refractivity contribution in [1.82, 2.24) is 10.3 Å². The van der Waals surface area contributed by atoms with Gasteiger partial charge in [0.1, 0.15) is 17.3 Å². The first-order valence-electron chi connectivity index (χ1n) is 11.0. The van der Waals surface area contributed by atoms with E-state index in [2.05, 4.69) is 35.1 Å². The molecule has 1 aliphatic rings. The van der Waals surface area contributed by atoms with Crippen molar-refractivity contribution in [3.63, 3.8) is 0 Å². The molecule has 2 aromatic carbocycles. The van der Waals surface area contributed by atoms with Gasteiger partial charge in [-0.25, -0.2) is 4.98 Å². The molecule has 1 saturated heterocycles. The molecule has 0 bridgehead atoms. The number of morpholine rings is 1. The van der Waals surface area contributed by atoms with Gasteiger partial charge in [0.2, 0.25) is 0 Å². The Balaban J connectivity index is 1.42. The topological polar surface area (TPSA) is 63.7 Å². The van der Waals surface area contributed by atoms with Crippen LogP contribution >= 0.6 is 0 Å². The Bertz CT molecular complexity index is 1040. The Hall–Kier alpha value is -3.38. The molecule has 0 radical (unpaired) electrons. The molecule has 0 saturated carbocycles. The number of anilines is 1. The second-order valence-corrected chi connectivity index (χ2v) is 8.10. The molecular weight excluding hydrogens is 402 g/mol. The molecule has 1 amide bonds. The number of rotatable bonds is 7. The highest BCUT2D eigenvalue weighted by Gasteiger charge is 2.16. The zero-order valence-corrected chi connectivity index (χ0v) is 18.6. The van der Waals surface area contributed by atoms with Gasteiger partial charge in [0.15, 0.2) is 0 Å². The quantitative estimate of drug-likeness (QED) is 0.584. The lowest BCUT2D eigenvalue weighted by Gasteiger charge is -2.27. The third-order valence-electron chi connectivity index (χ3n) is 5.49. The van der Waals surface area contributed by atoms with Crippen molar-refractivity contribution >= 4 is 11.7 Å². The van der Waals surface area contributed by atoms with Crippen LogP contribution in [0.2, 0.25) is 0 Å². The van der Waals surface area contributed by atoms with Crippen molar-refractivity contribution < 1.29 is 14.3 Å². The van der Waals surface area contributed by atoms with Gasteiger partial charge in [0.05, 0.1) is 18.8 Å². The van der Waals surface area contributed by atoms with Gasteiger partial charge in [-0.05, 0) is 41.3 Å². The van der Waals surface area contributed by atoms with Crippen molar-refractivity contribution in [2.75, 3.05) is 31.2 Å². The number of nitrogens with one attached hydrogen (secondary N) is 1. The lowest BCUT2D eigenvalue weighted by molar-refractivity contribution is 0.0948. The maximum atomic E-state index is 12.9. The summed E-state index contributed by atoms with van der Waals surface area (Å²) in [5.41, 5.74) is 2.55. The van der Waals surface area contributed by atoms with Crippen LogP contribution in [0.3, 0.4) is 0 Å². The Labute approximate surface area is 189 Å². The summed E-state index contributed by atoms with van der Waals surface area (Å²) in [6, 6.07) is 19.2. The number of carbonyl (C=O) groups is 1. The SMILES string of the molecule is CC(C)c1ccccc1Oc1ccccc1C(=O)NCc1ccc(N2CCOCC2)nc1. The molecule has 4 rings (SSSR count). The first-order valence-corrected chi connectivity index (χ1v) is 11.0. The lowest BCUT2D eigenvalue weighted by atomic mass is 10.0. The van der Waals surface area contributed by atoms with Gasteiger partial charge in [-0.2, -0.15) is 0 Å². The van der Waals surface area contributed by atoms with Crippen LogP contribution in [-0.4, -0.2) is 37.2 Å². The molecule has 32 heavy (non-hydrogen) atoms. The predicted molar refractivity (Wildman–Crippen MR) is 125 cm³/mol. The number of amides is 1. The third-order valence-corrected chi connectivity index (χ3v) is 5.49. The molecule has 1 aromatic heterocycles. The van der Waals surface area contributed by atoms with Crippen molar-refractivity contribution in [3.05, 3.63) is 83.6 Å². The second-order valence-electron chi connectivity index (χ2n) is 8.10. The van der Waals surface area contributed by atoms with E-state index in [1.807, 2.05) is 54.7 Å². The van der Waals surface area contributed by atoms with Crippen LogP contribution < -0.4 is 15.0 Å². The third kappa shape index (κ3) is 5.26. The standard InChI is InChI=1S/C26H29N3O3/c1-19(2)21-7-3-5-9-23(21)32-24-10-6-4-8-22(24)26(30)28-18-20-11-12-25(27-17-20)29-13-15-31-16-14-29/h3-12,17,19H,13-16,18H2,1-2H3,(H,28,30). The number of benzene rings is 2. The number of nitrogens with zero attached hydrogens (tertiary/aromatic N) is 2. The molecule has 0 aliphatic carbocycles. The summed E-state index contributed by atoms with van der Waals surface area (Å²) in [6.07, 6.45) is 1.81. The number of hydrogen-bond acceptors (Lipinski definition) is 5. The van der Waals surface area contributed by atoms with Gasteiger partial charge in [0.25, 0.3) is 5.91 Å². The van der Waals surface area contributed by atoms with Gasteiger partial charge >= 0.3 is 0 Å². The van der Waals surface area contributed by atoms with Gasteiger partial charge in [-0.1, -0.05) is 50.2 Å². The molecule has 1 aliphatic heterocycles. The minimum atomic E-state index is -0.181. The van der Waals surface area contributed by atoms with Gasteiger partial charge in [-0.3, -0.25) is 4.79 Å². The highest BCUT2D eigenvalue weighted by molar-refractivity contribution is 5.97. The summed E-state index contributed by atoms with van der Waals surface area (Å²) in [5.74, 6) is 2.38. The lowest BCUT2D eigenvalue weighted by Crippen LogP contribution is -2.36.